The molecular weight excluding hydrogens is 230 g/mol. The van der Waals surface area contributed by atoms with E-state index < -0.39 is 5.41 Å². The molecule has 2 atom stereocenters. The molecule has 0 aliphatic carbocycles. The smallest absolute Gasteiger partial charge is 0.225 e. The Labute approximate surface area is 108 Å². The van der Waals surface area contributed by atoms with Gasteiger partial charge in [0.05, 0.1) is 5.41 Å². The summed E-state index contributed by atoms with van der Waals surface area (Å²) in [7, 11) is 0. The second kappa shape index (κ2) is 5.26. The molecule has 2 aliphatic heterocycles. The molecule has 5 heteroatoms. The first kappa shape index (κ1) is 13.3. The van der Waals surface area contributed by atoms with E-state index in [2.05, 4.69) is 5.32 Å². The summed E-state index contributed by atoms with van der Waals surface area (Å²) in [5.41, 5.74) is 4.86. The Balaban J connectivity index is 1.78. The molecule has 18 heavy (non-hydrogen) atoms. The fraction of sp³-hybridized carbons (Fsp3) is 0.846. The fourth-order valence-electron chi connectivity index (χ4n) is 2.82. The maximum Gasteiger partial charge on any atom is 0.225 e. The number of hydrogen-bond donors (Lipinski definition) is 2. The number of rotatable bonds is 4. The van der Waals surface area contributed by atoms with Crippen molar-refractivity contribution in [3.05, 3.63) is 0 Å². The van der Waals surface area contributed by atoms with E-state index in [1.54, 1.807) is 4.90 Å². The number of carbonyl (C=O) groups excluding carboxylic acids is 2. The molecule has 0 spiro atoms. The molecular formula is C13H23N3O2. The predicted octanol–water partition coefficient (Wildman–Crippen LogP) is 0.1000. The minimum Gasteiger partial charge on any atom is -0.369 e. The molecule has 0 aromatic rings. The van der Waals surface area contributed by atoms with Crippen LogP contribution in [0.2, 0.25) is 0 Å². The highest BCUT2D eigenvalue weighted by Gasteiger charge is 2.40. The van der Waals surface area contributed by atoms with Crippen molar-refractivity contribution in [2.45, 2.75) is 32.6 Å². The Hall–Kier alpha value is -1.10. The van der Waals surface area contributed by atoms with Crippen LogP contribution in [0.1, 0.15) is 32.6 Å². The quantitative estimate of drug-likeness (QED) is 0.746. The molecule has 2 heterocycles. The van der Waals surface area contributed by atoms with Gasteiger partial charge < -0.3 is 16.0 Å². The van der Waals surface area contributed by atoms with Crippen molar-refractivity contribution in [1.29, 1.82) is 0 Å². The summed E-state index contributed by atoms with van der Waals surface area (Å²) in [5, 5.41) is 3.31. The van der Waals surface area contributed by atoms with E-state index in [-0.39, 0.29) is 11.8 Å². The molecule has 2 amide bonds. The van der Waals surface area contributed by atoms with Crippen molar-refractivity contribution in [1.82, 2.24) is 10.2 Å². The standard InChI is InChI=1S/C13H23N3O2/c1-13(12(14)18)5-7-16(9-13)11(17)3-2-10-4-6-15-8-10/h10,15H,2-9H2,1H3,(H2,14,18). The first-order valence-corrected chi connectivity index (χ1v) is 6.80. The van der Waals surface area contributed by atoms with Gasteiger partial charge in [-0.25, -0.2) is 0 Å². The van der Waals surface area contributed by atoms with Gasteiger partial charge in [-0.3, -0.25) is 9.59 Å². The summed E-state index contributed by atoms with van der Waals surface area (Å²) in [6.45, 7) is 5.11. The van der Waals surface area contributed by atoms with Crippen molar-refractivity contribution < 1.29 is 9.59 Å². The summed E-state index contributed by atoms with van der Waals surface area (Å²) in [6, 6.07) is 0. The molecule has 102 valence electrons. The van der Waals surface area contributed by atoms with Gasteiger partial charge in [0.25, 0.3) is 0 Å². The Kier molecular flexibility index (Phi) is 3.90. The van der Waals surface area contributed by atoms with Crippen LogP contribution in [-0.2, 0) is 9.59 Å². The van der Waals surface area contributed by atoms with Crippen molar-refractivity contribution in [2.24, 2.45) is 17.1 Å². The monoisotopic (exact) mass is 253 g/mol. The van der Waals surface area contributed by atoms with E-state index in [9.17, 15) is 9.59 Å². The van der Waals surface area contributed by atoms with E-state index in [0.717, 1.165) is 19.5 Å². The van der Waals surface area contributed by atoms with E-state index in [4.69, 9.17) is 5.73 Å². The topological polar surface area (TPSA) is 75.4 Å². The molecule has 0 bridgehead atoms. The number of nitrogens with two attached hydrogens (primary N) is 1. The third-order valence-electron chi connectivity index (χ3n) is 4.35. The molecule has 0 radical (unpaired) electrons. The summed E-state index contributed by atoms with van der Waals surface area (Å²) in [5.74, 6) is 0.517. The van der Waals surface area contributed by atoms with Crippen LogP contribution < -0.4 is 11.1 Å². The van der Waals surface area contributed by atoms with E-state index >= 15 is 0 Å². The van der Waals surface area contributed by atoms with Gasteiger partial charge in [0.1, 0.15) is 0 Å². The first-order chi connectivity index (χ1) is 8.51. The zero-order chi connectivity index (χ0) is 13.2. The maximum absolute atomic E-state index is 12.1. The van der Waals surface area contributed by atoms with Crippen molar-refractivity contribution in [3.63, 3.8) is 0 Å². The van der Waals surface area contributed by atoms with Crippen LogP contribution in [0.3, 0.4) is 0 Å². The molecule has 0 aromatic heterocycles. The molecule has 2 unspecified atom stereocenters. The highest BCUT2D eigenvalue weighted by Crippen LogP contribution is 2.30. The Morgan fingerprint density at radius 3 is 2.83 bits per heavy atom. The molecule has 2 saturated heterocycles. The lowest BCUT2D eigenvalue weighted by atomic mass is 9.89. The number of hydrogen-bond acceptors (Lipinski definition) is 3. The highest BCUT2D eigenvalue weighted by molar-refractivity contribution is 5.83. The zero-order valence-electron chi connectivity index (χ0n) is 11.1. The highest BCUT2D eigenvalue weighted by atomic mass is 16.2. The van der Waals surface area contributed by atoms with Gasteiger partial charge >= 0.3 is 0 Å². The van der Waals surface area contributed by atoms with Crippen LogP contribution in [0.15, 0.2) is 0 Å². The van der Waals surface area contributed by atoms with Crippen molar-refractivity contribution >= 4 is 11.8 Å². The molecule has 0 aromatic carbocycles. The number of amides is 2. The van der Waals surface area contributed by atoms with Gasteiger partial charge in [-0.2, -0.15) is 0 Å². The van der Waals surface area contributed by atoms with Gasteiger partial charge in [-0.05, 0) is 45.2 Å². The molecule has 0 saturated carbocycles. The first-order valence-electron chi connectivity index (χ1n) is 6.80. The number of likely N-dealkylation sites (tertiary alicyclic amines) is 1. The second-order valence-corrected chi connectivity index (χ2v) is 5.89. The van der Waals surface area contributed by atoms with Crippen LogP contribution in [0.4, 0.5) is 0 Å². The molecule has 5 nitrogen and oxygen atoms in total. The second-order valence-electron chi connectivity index (χ2n) is 5.89. The zero-order valence-corrected chi connectivity index (χ0v) is 11.1. The van der Waals surface area contributed by atoms with Crippen LogP contribution in [0.25, 0.3) is 0 Å². The Bertz CT molecular complexity index is 339. The predicted molar refractivity (Wildman–Crippen MR) is 68.7 cm³/mol. The van der Waals surface area contributed by atoms with Crippen LogP contribution in [0.5, 0.6) is 0 Å². The van der Waals surface area contributed by atoms with Gasteiger partial charge in [0.15, 0.2) is 0 Å². The van der Waals surface area contributed by atoms with Gasteiger partial charge in [-0.1, -0.05) is 0 Å². The summed E-state index contributed by atoms with van der Waals surface area (Å²) in [4.78, 5) is 25.2. The minimum atomic E-state index is -0.523. The summed E-state index contributed by atoms with van der Waals surface area (Å²) >= 11 is 0. The third kappa shape index (κ3) is 2.83. The average Bonchev–Trinajstić information content (AvgIpc) is 2.95. The largest absolute Gasteiger partial charge is 0.369 e. The summed E-state index contributed by atoms with van der Waals surface area (Å²) < 4.78 is 0. The number of nitrogens with zero attached hydrogens (tertiary/aromatic N) is 1. The number of nitrogens with one attached hydrogen (secondary N) is 1. The van der Waals surface area contributed by atoms with Gasteiger partial charge in [0.2, 0.25) is 11.8 Å². The third-order valence-corrected chi connectivity index (χ3v) is 4.35. The molecule has 2 fully saturated rings. The summed E-state index contributed by atoms with van der Waals surface area (Å²) in [6.07, 6.45) is 3.42. The fourth-order valence-corrected chi connectivity index (χ4v) is 2.82. The lowest BCUT2D eigenvalue weighted by Gasteiger charge is -2.21. The number of carbonyl (C=O) groups is 2. The van der Waals surface area contributed by atoms with Gasteiger partial charge in [-0.15, -0.1) is 0 Å². The molecule has 3 N–H and O–H groups in total. The molecule has 2 aliphatic rings. The SMILES string of the molecule is CC1(C(N)=O)CCN(C(=O)CCC2CCNC2)C1. The lowest BCUT2D eigenvalue weighted by Crippen LogP contribution is -2.38. The Morgan fingerprint density at radius 2 is 2.28 bits per heavy atom. The lowest BCUT2D eigenvalue weighted by molar-refractivity contribution is -0.131. The maximum atomic E-state index is 12.1. The van der Waals surface area contributed by atoms with Crippen molar-refractivity contribution in [2.75, 3.05) is 26.2 Å². The average molecular weight is 253 g/mol. The molecule has 2 rings (SSSR count). The van der Waals surface area contributed by atoms with Crippen LogP contribution >= 0.6 is 0 Å². The van der Waals surface area contributed by atoms with Crippen LogP contribution in [0, 0.1) is 11.3 Å². The van der Waals surface area contributed by atoms with E-state index in [1.165, 1.54) is 6.42 Å². The number of primary amides is 1. The van der Waals surface area contributed by atoms with Gasteiger partial charge in [0, 0.05) is 19.5 Å². The van der Waals surface area contributed by atoms with E-state index in [0.29, 0.717) is 31.8 Å². The normalized spacial score (nSPS) is 31.8. The minimum absolute atomic E-state index is 0.173. The van der Waals surface area contributed by atoms with E-state index in [1.807, 2.05) is 6.92 Å². The Morgan fingerprint density at radius 1 is 1.50 bits per heavy atom. The van der Waals surface area contributed by atoms with Crippen molar-refractivity contribution in [3.8, 4) is 0 Å². The van der Waals surface area contributed by atoms with Crippen LogP contribution in [-0.4, -0.2) is 42.9 Å².